The van der Waals surface area contributed by atoms with Crippen LogP contribution in [0.15, 0.2) is 30.5 Å². The van der Waals surface area contributed by atoms with Crippen molar-refractivity contribution in [1.82, 2.24) is 4.98 Å². The van der Waals surface area contributed by atoms with Crippen LogP contribution in [0.5, 0.6) is 0 Å². The van der Waals surface area contributed by atoms with Crippen LogP contribution in [0.2, 0.25) is 0 Å². The van der Waals surface area contributed by atoms with Gasteiger partial charge in [-0.1, -0.05) is 12.2 Å². The molecule has 3 N–H and O–H groups in total. The molecule has 0 saturated carbocycles. The maximum absolute atomic E-state index is 13.0. The maximum Gasteiger partial charge on any atom is 0.123 e. The Morgan fingerprint density at radius 2 is 2.29 bits per heavy atom. The second-order valence-corrected chi connectivity index (χ2v) is 3.07. The van der Waals surface area contributed by atoms with Gasteiger partial charge in [-0.15, -0.1) is 0 Å². The molecule has 0 bridgehead atoms. The number of benzene rings is 1. The van der Waals surface area contributed by atoms with Crippen LogP contribution in [0.25, 0.3) is 17.0 Å². The van der Waals surface area contributed by atoms with E-state index in [1.54, 1.807) is 6.07 Å². The molecule has 0 unspecified atom stereocenters. The molecule has 0 aliphatic heterocycles. The lowest BCUT2D eigenvalue weighted by Crippen LogP contribution is -1.91. The number of rotatable bonds is 2. The van der Waals surface area contributed by atoms with E-state index in [1.165, 1.54) is 12.1 Å². The van der Waals surface area contributed by atoms with Gasteiger partial charge in [0.2, 0.25) is 0 Å². The van der Waals surface area contributed by atoms with Crippen molar-refractivity contribution in [2.45, 2.75) is 0 Å². The van der Waals surface area contributed by atoms with E-state index in [-0.39, 0.29) is 5.82 Å². The number of nitrogens with two attached hydrogens (primary N) is 1. The average Bonchev–Trinajstić information content (AvgIpc) is 2.57. The van der Waals surface area contributed by atoms with Gasteiger partial charge in [-0.05, 0) is 23.8 Å². The molecule has 0 aliphatic carbocycles. The molecule has 72 valence electrons. The first-order valence-electron chi connectivity index (χ1n) is 4.44. The fourth-order valence-electron chi connectivity index (χ4n) is 1.45. The molecule has 1 aromatic heterocycles. The molecular formula is C11H11FN2. The number of nitrogens with one attached hydrogen (secondary N) is 1. The van der Waals surface area contributed by atoms with Crippen molar-refractivity contribution in [3.8, 4) is 0 Å². The standard InChI is InChI=1S/C11H11FN2/c12-9-3-4-11-10(6-9)8(7-14-11)2-1-5-13/h1-4,6-7,14H,5,13H2. The zero-order valence-corrected chi connectivity index (χ0v) is 7.63. The minimum atomic E-state index is -0.223. The number of H-pyrrole nitrogens is 1. The molecule has 0 aliphatic rings. The lowest BCUT2D eigenvalue weighted by atomic mass is 10.1. The summed E-state index contributed by atoms with van der Waals surface area (Å²) in [7, 11) is 0. The van der Waals surface area contributed by atoms with E-state index < -0.39 is 0 Å². The van der Waals surface area contributed by atoms with Crippen molar-refractivity contribution in [3.63, 3.8) is 0 Å². The summed E-state index contributed by atoms with van der Waals surface area (Å²) in [6.45, 7) is 0.488. The Hall–Kier alpha value is -1.61. The number of aromatic amines is 1. The van der Waals surface area contributed by atoms with Crippen LogP contribution in [0.1, 0.15) is 5.56 Å². The highest BCUT2D eigenvalue weighted by molar-refractivity contribution is 5.88. The van der Waals surface area contributed by atoms with E-state index in [1.807, 2.05) is 18.3 Å². The van der Waals surface area contributed by atoms with Crippen molar-refractivity contribution in [3.05, 3.63) is 41.9 Å². The van der Waals surface area contributed by atoms with E-state index in [0.29, 0.717) is 6.54 Å². The van der Waals surface area contributed by atoms with Crippen LogP contribution in [-0.4, -0.2) is 11.5 Å². The zero-order valence-electron chi connectivity index (χ0n) is 7.63. The number of hydrogen-bond donors (Lipinski definition) is 2. The molecular weight excluding hydrogens is 179 g/mol. The first-order valence-corrected chi connectivity index (χ1v) is 4.44. The first-order chi connectivity index (χ1) is 6.81. The summed E-state index contributed by atoms with van der Waals surface area (Å²) in [5.74, 6) is -0.223. The second kappa shape index (κ2) is 3.64. The molecule has 1 aromatic carbocycles. The van der Waals surface area contributed by atoms with Gasteiger partial charge in [0.15, 0.2) is 0 Å². The van der Waals surface area contributed by atoms with Gasteiger partial charge in [-0.3, -0.25) is 0 Å². The van der Waals surface area contributed by atoms with Gasteiger partial charge in [-0.25, -0.2) is 4.39 Å². The Balaban J connectivity index is 2.55. The van der Waals surface area contributed by atoms with Gasteiger partial charge < -0.3 is 10.7 Å². The number of halogens is 1. The molecule has 0 fully saturated rings. The fraction of sp³-hybridized carbons (Fsp3) is 0.0909. The normalized spacial score (nSPS) is 11.6. The largest absolute Gasteiger partial charge is 0.361 e. The van der Waals surface area contributed by atoms with Crippen molar-refractivity contribution < 1.29 is 4.39 Å². The van der Waals surface area contributed by atoms with E-state index in [0.717, 1.165) is 16.5 Å². The summed E-state index contributed by atoms with van der Waals surface area (Å²) in [6.07, 6.45) is 5.57. The van der Waals surface area contributed by atoms with Crippen LogP contribution in [0.4, 0.5) is 4.39 Å². The van der Waals surface area contributed by atoms with Gasteiger partial charge in [0.25, 0.3) is 0 Å². The molecule has 3 heteroatoms. The Labute approximate surface area is 81.2 Å². The predicted molar refractivity (Wildman–Crippen MR) is 56.3 cm³/mol. The van der Waals surface area contributed by atoms with Crippen molar-refractivity contribution in [2.24, 2.45) is 5.73 Å². The summed E-state index contributed by atoms with van der Waals surface area (Å²) < 4.78 is 13.0. The molecule has 14 heavy (non-hydrogen) atoms. The van der Waals surface area contributed by atoms with Crippen LogP contribution >= 0.6 is 0 Å². The van der Waals surface area contributed by atoms with Gasteiger partial charge >= 0.3 is 0 Å². The smallest absolute Gasteiger partial charge is 0.123 e. The number of fused-ring (bicyclic) bond motifs is 1. The van der Waals surface area contributed by atoms with E-state index in [2.05, 4.69) is 4.98 Å². The minimum Gasteiger partial charge on any atom is -0.361 e. The van der Waals surface area contributed by atoms with Crippen LogP contribution in [0.3, 0.4) is 0 Å². The summed E-state index contributed by atoms with van der Waals surface area (Å²) in [6, 6.07) is 4.68. The van der Waals surface area contributed by atoms with Crippen LogP contribution in [0, 0.1) is 5.82 Å². The predicted octanol–water partition coefficient (Wildman–Crippen LogP) is 2.28. The minimum absolute atomic E-state index is 0.223. The highest BCUT2D eigenvalue weighted by atomic mass is 19.1. The summed E-state index contributed by atoms with van der Waals surface area (Å²) in [5.41, 5.74) is 7.24. The topological polar surface area (TPSA) is 41.8 Å². The molecule has 2 nitrogen and oxygen atoms in total. The van der Waals surface area contributed by atoms with Crippen LogP contribution in [-0.2, 0) is 0 Å². The average molecular weight is 190 g/mol. The van der Waals surface area contributed by atoms with Gasteiger partial charge in [0, 0.05) is 23.6 Å². The third-order valence-corrected chi connectivity index (χ3v) is 2.11. The van der Waals surface area contributed by atoms with E-state index >= 15 is 0 Å². The highest BCUT2D eigenvalue weighted by Crippen LogP contribution is 2.20. The van der Waals surface area contributed by atoms with Gasteiger partial charge in [0.1, 0.15) is 5.82 Å². The molecule has 0 amide bonds. The quantitative estimate of drug-likeness (QED) is 0.749. The van der Waals surface area contributed by atoms with Crippen molar-refractivity contribution in [2.75, 3.05) is 6.54 Å². The highest BCUT2D eigenvalue weighted by Gasteiger charge is 2.01. The van der Waals surface area contributed by atoms with E-state index in [9.17, 15) is 4.39 Å². The molecule has 1 heterocycles. The molecule has 0 radical (unpaired) electrons. The third kappa shape index (κ3) is 1.54. The molecule has 2 aromatic rings. The van der Waals surface area contributed by atoms with Gasteiger partial charge in [-0.2, -0.15) is 0 Å². The maximum atomic E-state index is 13.0. The Kier molecular flexibility index (Phi) is 2.33. The lowest BCUT2D eigenvalue weighted by molar-refractivity contribution is 0.629. The van der Waals surface area contributed by atoms with Gasteiger partial charge in [0.05, 0.1) is 0 Å². The summed E-state index contributed by atoms with van der Waals surface area (Å²) in [5, 5.41) is 0.884. The molecule has 0 atom stereocenters. The Bertz CT molecular complexity index is 471. The molecule has 0 spiro atoms. The Morgan fingerprint density at radius 3 is 3.07 bits per heavy atom. The van der Waals surface area contributed by atoms with Crippen molar-refractivity contribution >= 4 is 17.0 Å². The van der Waals surface area contributed by atoms with Crippen LogP contribution < -0.4 is 5.73 Å². The third-order valence-electron chi connectivity index (χ3n) is 2.11. The molecule has 0 saturated heterocycles. The van der Waals surface area contributed by atoms with Crippen molar-refractivity contribution in [1.29, 1.82) is 0 Å². The summed E-state index contributed by atoms with van der Waals surface area (Å²) >= 11 is 0. The fourth-order valence-corrected chi connectivity index (χ4v) is 1.45. The zero-order chi connectivity index (χ0) is 9.97. The molecule has 2 rings (SSSR count). The summed E-state index contributed by atoms with van der Waals surface area (Å²) in [4.78, 5) is 3.07. The first kappa shape index (κ1) is 8.97. The number of aromatic nitrogens is 1. The lowest BCUT2D eigenvalue weighted by Gasteiger charge is -1.92. The monoisotopic (exact) mass is 190 g/mol. The SMILES string of the molecule is NCC=Cc1c[nH]c2ccc(F)cc12. The number of hydrogen-bond acceptors (Lipinski definition) is 1. The Morgan fingerprint density at radius 1 is 1.43 bits per heavy atom. The second-order valence-electron chi connectivity index (χ2n) is 3.07. The van der Waals surface area contributed by atoms with E-state index in [4.69, 9.17) is 5.73 Å².